The number of pyridine rings is 1. The van der Waals surface area contributed by atoms with Gasteiger partial charge in [-0.2, -0.15) is 0 Å². The first-order valence-electron chi connectivity index (χ1n) is 4.76. The molecule has 1 heterocycles. The fourth-order valence-corrected chi connectivity index (χ4v) is 1.24. The number of amides is 1. The number of nitrogens with one attached hydrogen (secondary N) is 1. The zero-order chi connectivity index (χ0) is 12.8. The van der Waals surface area contributed by atoms with E-state index >= 15 is 0 Å². The number of allylic oxidation sites excluding steroid dienone is 1. The molecule has 1 rings (SSSR count). The molecule has 1 aromatic heterocycles. The van der Waals surface area contributed by atoms with Crippen molar-refractivity contribution in [3.8, 4) is 0 Å². The minimum Gasteiger partial charge on any atom is -0.305 e. The molecule has 0 aliphatic heterocycles. The van der Waals surface area contributed by atoms with Gasteiger partial charge in [-0.05, 0) is 12.5 Å². The number of hydrogen-bond acceptors (Lipinski definition) is 4. The third kappa shape index (κ3) is 3.84. The number of anilines is 1. The van der Waals surface area contributed by atoms with Crippen LogP contribution in [0.1, 0.15) is 12.8 Å². The molecule has 0 atom stereocenters. The molecule has 0 unspecified atom stereocenters. The minimum atomic E-state index is -0.632. The lowest BCUT2D eigenvalue weighted by Gasteiger charge is -2.04. The highest BCUT2D eigenvalue weighted by Gasteiger charge is 2.17. The molecule has 6 nitrogen and oxygen atoms in total. The van der Waals surface area contributed by atoms with E-state index in [-0.39, 0.29) is 29.0 Å². The summed E-state index contributed by atoms with van der Waals surface area (Å²) < 4.78 is 0. The first kappa shape index (κ1) is 13.1. The van der Waals surface area contributed by atoms with E-state index in [0.717, 1.165) is 0 Å². The van der Waals surface area contributed by atoms with Crippen molar-refractivity contribution in [1.29, 1.82) is 0 Å². The number of halogens is 1. The summed E-state index contributed by atoms with van der Waals surface area (Å²) in [6.07, 6.45) is 2.26. The molecule has 0 spiro atoms. The Morgan fingerprint density at radius 3 is 2.94 bits per heavy atom. The van der Waals surface area contributed by atoms with Crippen LogP contribution in [0, 0.1) is 10.1 Å². The Hall–Kier alpha value is -1.95. The van der Waals surface area contributed by atoms with Crippen LogP contribution in [0.5, 0.6) is 0 Å². The molecule has 17 heavy (non-hydrogen) atoms. The summed E-state index contributed by atoms with van der Waals surface area (Å²) in [4.78, 5) is 25.2. The molecule has 1 amide bonds. The van der Waals surface area contributed by atoms with Crippen molar-refractivity contribution >= 4 is 29.0 Å². The first-order chi connectivity index (χ1) is 8.04. The van der Waals surface area contributed by atoms with Gasteiger partial charge >= 0.3 is 5.69 Å². The quantitative estimate of drug-likeness (QED) is 0.379. The van der Waals surface area contributed by atoms with Crippen LogP contribution in [-0.4, -0.2) is 15.8 Å². The summed E-state index contributed by atoms with van der Waals surface area (Å²) >= 11 is 5.61. The van der Waals surface area contributed by atoms with Gasteiger partial charge in [-0.15, -0.1) is 6.58 Å². The van der Waals surface area contributed by atoms with Crippen molar-refractivity contribution in [3.05, 3.63) is 40.1 Å². The van der Waals surface area contributed by atoms with Crippen molar-refractivity contribution < 1.29 is 9.72 Å². The smallest absolute Gasteiger partial charge is 0.305 e. The van der Waals surface area contributed by atoms with Gasteiger partial charge in [-0.1, -0.05) is 17.7 Å². The predicted molar refractivity (Wildman–Crippen MR) is 64.0 cm³/mol. The lowest BCUT2D eigenvalue weighted by atomic mass is 10.3. The average Bonchev–Trinajstić information content (AvgIpc) is 2.26. The molecule has 0 saturated carbocycles. The van der Waals surface area contributed by atoms with E-state index < -0.39 is 4.92 Å². The van der Waals surface area contributed by atoms with Crippen LogP contribution < -0.4 is 5.32 Å². The Bertz CT molecular complexity index is 462. The first-order valence-corrected chi connectivity index (χ1v) is 5.14. The lowest BCUT2D eigenvalue weighted by molar-refractivity contribution is -0.384. The van der Waals surface area contributed by atoms with Crippen LogP contribution in [0.2, 0.25) is 5.15 Å². The SMILES string of the molecule is C=CCCC(=O)Nc1nc(Cl)ccc1[N+](=O)[O-]. The Morgan fingerprint density at radius 1 is 1.65 bits per heavy atom. The van der Waals surface area contributed by atoms with Gasteiger partial charge in [0.25, 0.3) is 0 Å². The normalized spacial score (nSPS) is 9.71. The molecule has 0 aliphatic carbocycles. The van der Waals surface area contributed by atoms with Crippen molar-refractivity contribution in [3.63, 3.8) is 0 Å². The highest BCUT2D eigenvalue weighted by molar-refractivity contribution is 6.29. The highest BCUT2D eigenvalue weighted by Crippen LogP contribution is 2.23. The Kier molecular flexibility index (Phi) is 4.59. The van der Waals surface area contributed by atoms with Crippen LogP contribution in [0.3, 0.4) is 0 Å². The van der Waals surface area contributed by atoms with Crippen molar-refractivity contribution in [2.75, 3.05) is 5.32 Å². The Labute approximate surface area is 102 Å². The fourth-order valence-electron chi connectivity index (χ4n) is 1.10. The van der Waals surface area contributed by atoms with Crippen molar-refractivity contribution in [2.24, 2.45) is 0 Å². The number of carbonyl (C=O) groups excluding carboxylic acids is 1. The van der Waals surface area contributed by atoms with E-state index in [0.29, 0.717) is 6.42 Å². The molecule has 0 aliphatic rings. The number of nitro groups is 1. The van der Waals surface area contributed by atoms with Crippen molar-refractivity contribution in [2.45, 2.75) is 12.8 Å². The van der Waals surface area contributed by atoms with Crippen LogP contribution in [-0.2, 0) is 4.79 Å². The standard InChI is InChI=1S/C10H10ClN3O3/c1-2-3-4-9(15)13-10-7(14(16)17)5-6-8(11)12-10/h2,5-6H,1,3-4H2,(H,12,13,15). The van der Waals surface area contributed by atoms with E-state index in [1.165, 1.54) is 12.1 Å². The summed E-state index contributed by atoms with van der Waals surface area (Å²) in [5.41, 5.74) is -0.290. The molecule has 0 aromatic carbocycles. The van der Waals surface area contributed by atoms with Crippen LogP contribution >= 0.6 is 11.6 Å². The predicted octanol–water partition coefficient (Wildman–Crippen LogP) is 2.55. The van der Waals surface area contributed by atoms with Gasteiger partial charge in [0.2, 0.25) is 11.7 Å². The molecule has 1 aromatic rings. The average molecular weight is 256 g/mol. The van der Waals surface area contributed by atoms with E-state index in [4.69, 9.17) is 11.6 Å². The summed E-state index contributed by atoms with van der Waals surface area (Å²) in [7, 11) is 0. The number of carbonyl (C=O) groups is 1. The topological polar surface area (TPSA) is 85.1 Å². The third-order valence-corrected chi connectivity index (χ3v) is 2.08. The van der Waals surface area contributed by atoms with Gasteiger partial charge in [0.05, 0.1) is 4.92 Å². The Morgan fingerprint density at radius 2 is 2.35 bits per heavy atom. The van der Waals surface area contributed by atoms with Crippen molar-refractivity contribution in [1.82, 2.24) is 4.98 Å². The maximum atomic E-state index is 11.4. The second-order valence-electron chi connectivity index (χ2n) is 3.13. The van der Waals surface area contributed by atoms with Crippen LogP contribution in [0.4, 0.5) is 11.5 Å². The van der Waals surface area contributed by atoms with Gasteiger partial charge in [0.15, 0.2) is 0 Å². The zero-order valence-corrected chi connectivity index (χ0v) is 9.61. The van der Waals surface area contributed by atoms with E-state index in [1.54, 1.807) is 6.08 Å². The minimum absolute atomic E-state index is 0.0784. The summed E-state index contributed by atoms with van der Waals surface area (Å²) in [5, 5.41) is 13.1. The van der Waals surface area contributed by atoms with E-state index in [9.17, 15) is 14.9 Å². The summed E-state index contributed by atoms with van der Waals surface area (Å²) in [6, 6.07) is 2.48. The fraction of sp³-hybridized carbons (Fsp3) is 0.200. The van der Waals surface area contributed by atoms with E-state index in [2.05, 4.69) is 16.9 Å². The van der Waals surface area contributed by atoms with Gasteiger partial charge in [0, 0.05) is 12.5 Å². The molecule has 1 N–H and O–H groups in total. The molecular formula is C10H10ClN3O3. The highest BCUT2D eigenvalue weighted by atomic mass is 35.5. The maximum Gasteiger partial charge on any atom is 0.311 e. The molecule has 0 saturated heterocycles. The Balaban J connectivity index is 2.88. The molecule has 7 heteroatoms. The second-order valence-corrected chi connectivity index (χ2v) is 3.52. The zero-order valence-electron chi connectivity index (χ0n) is 8.85. The molecule has 0 fully saturated rings. The van der Waals surface area contributed by atoms with Gasteiger partial charge in [0.1, 0.15) is 5.15 Å². The van der Waals surface area contributed by atoms with Crippen LogP contribution in [0.25, 0.3) is 0 Å². The van der Waals surface area contributed by atoms with Gasteiger partial charge < -0.3 is 5.32 Å². The number of aromatic nitrogens is 1. The molecule has 90 valence electrons. The number of rotatable bonds is 5. The maximum absolute atomic E-state index is 11.4. The summed E-state index contributed by atoms with van der Waals surface area (Å²) in [5.74, 6) is -0.515. The number of hydrogen-bond donors (Lipinski definition) is 1. The second kappa shape index (κ2) is 5.95. The lowest BCUT2D eigenvalue weighted by Crippen LogP contribution is -2.13. The van der Waals surface area contributed by atoms with Crippen LogP contribution in [0.15, 0.2) is 24.8 Å². The molecule has 0 bridgehead atoms. The van der Waals surface area contributed by atoms with Gasteiger partial charge in [-0.25, -0.2) is 4.98 Å². The molecular weight excluding hydrogens is 246 g/mol. The summed E-state index contributed by atoms with van der Waals surface area (Å²) in [6.45, 7) is 3.47. The number of nitrogens with zero attached hydrogens (tertiary/aromatic N) is 2. The monoisotopic (exact) mass is 255 g/mol. The largest absolute Gasteiger partial charge is 0.311 e. The molecule has 0 radical (unpaired) electrons. The van der Waals surface area contributed by atoms with E-state index in [1.807, 2.05) is 0 Å². The van der Waals surface area contributed by atoms with Gasteiger partial charge in [-0.3, -0.25) is 14.9 Å². The third-order valence-electron chi connectivity index (χ3n) is 1.87.